The zero-order chi connectivity index (χ0) is 19.7. The predicted octanol–water partition coefficient (Wildman–Crippen LogP) is 2.89. The molecular formula is C21H23N5O2. The Labute approximate surface area is 162 Å². The molecule has 1 aliphatic carbocycles. The Kier molecular flexibility index (Phi) is 4.81. The van der Waals surface area contributed by atoms with Gasteiger partial charge in [0.05, 0.1) is 17.3 Å². The molecule has 1 aromatic carbocycles. The van der Waals surface area contributed by atoms with Crippen LogP contribution in [0.3, 0.4) is 0 Å². The summed E-state index contributed by atoms with van der Waals surface area (Å²) in [4.78, 5) is 32.7. The van der Waals surface area contributed by atoms with E-state index >= 15 is 0 Å². The number of nitrogens with one attached hydrogen (secondary N) is 2. The third kappa shape index (κ3) is 3.35. The molecule has 7 heteroatoms. The summed E-state index contributed by atoms with van der Waals surface area (Å²) in [5.74, 6) is 0.454. The fourth-order valence-electron chi connectivity index (χ4n) is 3.75. The van der Waals surface area contributed by atoms with Crippen molar-refractivity contribution in [1.82, 2.24) is 19.7 Å². The minimum atomic E-state index is -0.267. The van der Waals surface area contributed by atoms with Gasteiger partial charge in [0.1, 0.15) is 5.82 Å². The van der Waals surface area contributed by atoms with E-state index in [1.54, 1.807) is 6.07 Å². The quantitative estimate of drug-likeness (QED) is 0.715. The van der Waals surface area contributed by atoms with Crippen LogP contribution >= 0.6 is 0 Å². The van der Waals surface area contributed by atoms with Crippen LogP contribution in [0.15, 0.2) is 41.2 Å². The SMILES string of the molecule is CCC(C(=O)Nc1cc(C)nn1-c1nc2c(c(=O)[nH]1)CCC2)c1ccccc1. The molecule has 0 bridgehead atoms. The molecule has 144 valence electrons. The second-order valence-corrected chi connectivity index (χ2v) is 7.11. The molecule has 4 rings (SSSR count). The first kappa shape index (κ1) is 18.2. The van der Waals surface area contributed by atoms with Crippen molar-refractivity contribution in [3.8, 4) is 5.95 Å². The number of hydrogen-bond acceptors (Lipinski definition) is 4. The van der Waals surface area contributed by atoms with Crippen LogP contribution in [0.1, 0.15) is 48.2 Å². The number of rotatable bonds is 5. The maximum Gasteiger partial charge on any atom is 0.255 e. The Hall–Kier alpha value is -3.22. The Morgan fingerprint density at radius 2 is 2.07 bits per heavy atom. The molecule has 1 aliphatic rings. The van der Waals surface area contributed by atoms with Gasteiger partial charge in [0, 0.05) is 11.6 Å². The minimum absolute atomic E-state index is 0.113. The van der Waals surface area contributed by atoms with E-state index in [9.17, 15) is 9.59 Å². The summed E-state index contributed by atoms with van der Waals surface area (Å²) in [6.07, 6.45) is 3.16. The molecule has 28 heavy (non-hydrogen) atoms. The molecule has 1 unspecified atom stereocenters. The van der Waals surface area contributed by atoms with Gasteiger partial charge >= 0.3 is 0 Å². The van der Waals surface area contributed by atoms with E-state index in [-0.39, 0.29) is 17.4 Å². The number of aromatic amines is 1. The Bertz CT molecular complexity index is 1070. The van der Waals surface area contributed by atoms with Crippen molar-refractivity contribution in [3.05, 3.63) is 69.3 Å². The molecule has 0 saturated carbocycles. The molecule has 1 amide bonds. The van der Waals surface area contributed by atoms with Crippen LogP contribution in [-0.4, -0.2) is 25.7 Å². The molecule has 7 nitrogen and oxygen atoms in total. The first-order valence-corrected chi connectivity index (χ1v) is 9.61. The second-order valence-electron chi connectivity index (χ2n) is 7.11. The van der Waals surface area contributed by atoms with Crippen LogP contribution in [0.4, 0.5) is 5.82 Å². The van der Waals surface area contributed by atoms with E-state index in [0.29, 0.717) is 18.2 Å². The zero-order valence-corrected chi connectivity index (χ0v) is 16.0. The summed E-state index contributed by atoms with van der Waals surface area (Å²) < 4.78 is 1.50. The van der Waals surface area contributed by atoms with Gasteiger partial charge in [0.2, 0.25) is 11.9 Å². The lowest BCUT2D eigenvalue weighted by molar-refractivity contribution is -0.117. The Morgan fingerprint density at radius 1 is 1.29 bits per heavy atom. The van der Waals surface area contributed by atoms with E-state index in [1.807, 2.05) is 44.2 Å². The van der Waals surface area contributed by atoms with Crippen molar-refractivity contribution in [2.75, 3.05) is 5.32 Å². The molecule has 0 radical (unpaired) electrons. The molecule has 0 spiro atoms. The first-order valence-electron chi connectivity index (χ1n) is 9.61. The van der Waals surface area contributed by atoms with Gasteiger partial charge < -0.3 is 5.32 Å². The molecule has 0 fully saturated rings. The normalized spacial score (nSPS) is 13.9. The number of carbonyl (C=O) groups is 1. The van der Waals surface area contributed by atoms with Crippen molar-refractivity contribution >= 4 is 11.7 Å². The number of amides is 1. The monoisotopic (exact) mass is 377 g/mol. The largest absolute Gasteiger partial charge is 0.310 e. The molecule has 1 atom stereocenters. The number of aryl methyl sites for hydroxylation is 2. The first-order chi connectivity index (χ1) is 13.6. The van der Waals surface area contributed by atoms with Gasteiger partial charge in [-0.2, -0.15) is 9.78 Å². The smallest absolute Gasteiger partial charge is 0.255 e. The maximum atomic E-state index is 12.9. The predicted molar refractivity (Wildman–Crippen MR) is 107 cm³/mol. The van der Waals surface area contributed by atoms with Gasteiger partial charge in [-0.15, -0.1) is 0 Å². The topological polar surface area (TPSA) is 92.7 Å². The van der Waals surface area contributed by atoms with Gasteiger partial charge in [-0.25, -0.2) is 4.98 Å². The zero-order valence-electron chi connectivity index (χ0n) is 16.0. The number of aromatic nitrogens is 4. The highest BCUT2D eigenvalue weighted by atomic mass is 16.2. The van der Waals surface area contributed by atoms with Gasteiger partial charge in [0.25, 0.3) is 5.56 Å². The van der Waals surface area contributed by atoms with E-state index in [1.165, 1.54) is 4.68 Å². The Balaban J connectivity index is 1.66. The average Bonchev–Trinajstić information content (AvgIpc) is 3.30. The lowest BCUT2D eigenvalue weighted by atomic mass is 9.96. The van der Waals surface area contributed by atoms with Gasteiger partial charge in [-0.3, -0.25) is 14.6 Å². The number of fused-ring (bicyclic) bond motifs is 1. The average molecular weight is 377 g/mol. The summed E-state index contributed by atoms with van der Waals surface area (Å²) in [7, 11) is 0. The van der Waals surface area contributed by atoms with Crippen molar-refractivity contribution in [2.45, 2.75) is 45.4 Å². The standard InChI is InChI=1S/C21H23N5O2/c1-3-15(14-8-5-4-6-9-14)19(27)23-18-12-13(2)25-26(18)21-22-17-11-7-10-16(17)20(28)24-21/h4-6,8-9,12,15H,3,7,10-11H2,1-2H3,(H,23,27)(H,22,24,28). The highest BCUT2D eigenvalue weighted by Crippen LogP contribution is 2.23. The number of carbonyl (C=O) groups excluding carboxylic acids is 1. The van der Waals surface area contributed by atoms with Crippen LogP contribution in [0.25, 0.3) is 5.95 Å². The van der Waals surface area contributed by atoms with Crippen LogP contribution in [-0.2, 0) is 17.6 Å². The summed E-state index contributed by atoms with van der Waals surface area (Å²) in [6.45, 7) is 3.82. The molecule has 2 heterocycles. The fourth-order valence-corrected chi connectivity index (χ4v) is 3.75. The van der Waals surface area contributed by atoms with Crippen molar-refractivity contribution < 1.29 is 4.79 Å². The summed E-state index contributed by atoms with van der Waals surface area (Å²) in [6, 6.07) is 11.5. The van der Waals surface area contributed by atoms with Crippen LogP contribution in [0.2, 0.25) is 0 Å². The maximum absolute atomic E-state index is 12.9. The lowest BCUT2D eigenvalue weighted by Gasteiger charge is -2.16. The summed E-state index contributed by atoms with van der Waals surface area (Å²) >= 11 is 0. The molecule has 2 N–H and O–H groups in total. The van der Waals surface area contributed by atoms with Crippen LogP contribution in [0, 0.1) is 6.92 Å². The summed E-state index contributed by atoms with van der Waals surface area (Å²) in [5, 5.41) is 7.39. The van der Waals surface area contributed by atoms with Crippen LogP contribution < -0.4 is 10.9 Å². The molecule has 3 aromatic rings. The molecule has 0 saturated heterocycles. The van der Waals surface area contributed by atoms with Gasteiger partial charge in [-0.1, -0.05) is 37.3 Å². The van der Waals surface area contributed by atoms with Gasteiger partial charge in [0.15, 0.2) is 0 Å². The number of anilines is 1. The summed E-state index contributed by atoms with van der Waals surface area (Å²) in [5.41, 5.74) is 3.15. The number of H-pyrrole nitrogens is 1. The van der Waals surface area contributed by atoms with E-state index < -0.39 is 0 Å². The van der Waals surface area contributed by atoms with Crippen molar-refractivity contribution in [1.29, 1.82) is 0 Å². The van der Waals surface area contributed by atoms with Crippen molar-refractivity contribution in [3.63, 3.8) is 0 Å². The van der Waals surface area contributed by atoms with E-state index in [0.717, 1.165) is 41.8 Å². The highest BCUT2D eigenvalue weighted by molar-refractivity contribution is 5.95. The number of nitrogens with zero attached hydrogens (tertiary/aromatic N) is 3. The third-order valence-corrected chi connectivity index (χ3v) is 5.14. The second kappa shape index (κ2) is 7.42. The van der Waals surface area contributed by atoms with E-state index in [2.05, 4.69) is 20.4 Å². The molecule has 2 aromatic heterocycles. The fraction of sp³-hybridized carbons (Fsp3) is 0.333. The highest BCUT2D eigenvalue weighted by Gasteiger charge is 2.23. The van der Waals surface area contributed by atoms with Crippen LogP contribution in [0.5, 0.6) is 0 Å². The number of hydrogen-bond donors (Lipinski definition) is 2. The Morgan fingerprint density at radius 3 is 2.82 bits per heavy atom. The third-order valence-electron chi connectivity index (χ3n) is 5.14. The minimum Gasteiger partial charge on any atom is -0.310 e. The lowest BCUT2D eigenvalue weighted by Crippen LogP contribution is -2.24. The number of benzene rings is 1. The van der Waals surface area contributed by atoms with E-state index in [4.69, 9.17) is 0 Å². The molecule has 0 aliphatic heterocycles. The van der Waals surface area contributed by atoms with Crippen molar-refractivity contribution in [2.24, 2.45) is 0 Å². The molecular weight excluding hydrogens is 354 g/mol. The van der Waals surface area contributed by atoms with Gasteiger partial charge in [-0.05, 0) is 38.2 Å².